The molecule has 6 heteroatoms. The molecular weight excluding hydrogens is 207 g/mol. The molecule has 1 saturated heterocycles. The van der Waals surface area contributed by atoms with Crippen LogP contribution in [0.4, 0.5) is 13.2 Å². The molecule has 0 radical (unpaired) electrons. The first-order valence-electron chi connectivity index (χ1n) is 3.95. The molecule has 1 fully saturated rings. The van der Waals surface area contributed by atoms with Gasteiger partial charge in [0.25, 0.3) is 0 Å². The summed E-state index contributed by atoms with van der Waals surface area (Å²) in [4.78, 5) is 0. The van der Waals surface area contributed by atoms with E-state index >= 15 is 0 Å². The van der Waals surface area contributed by atoms with E-state index in [1.165, 1.54) is 0 Å². The molecule has 0 aliphatic carbocycles. The summed E-state index contributed by atoms with van der Waals surface area (Å²) in [5, 5.41) is 0. The molecule has 0 amide bonds. The fourth-order valence-electron chi connectivity index (χ4n) is 1.26. The molecule has 2 nitrogen and oxygen atoms in total. The summed E-state index contributed by atoms with van der Waals surface area (Å²) < 4.78 is 41.0. The highest BCUT2D eigenvalue weighted by Crippen LogP contribution is 2.26. The second kappa shape index (κ2) is 5.02. The molecule has 1 aliphatic heterocycles. The van der Waals surface area contributed by atoms with Crippen LogP contribution in [0.25, 0.3) is 0 Å². The van der Waals surface area contributed by atoms with E-state index in [2.05, 4.69) is 0 Å². The van der Waals surface area contributed by atoms with Gasteiger partial charge in [-0.1, -0.05) is 0 Å². The highest BCUT2D eigenvalue weighted by molar-refractivity contribution is 5.85. The molecule has 2 N–H and O–H groups in total. The smallest absolute Gasteiger partial charge is 0.376 e. The van der Waals surface area contributed by atoms with E-state index in [-0.39, 0.29) is 12.4 Å². The maximum atomic E-state index is 12.0. The predicted octanol–water partition coefficient (Wildman–Crippen LogP) is 1.87. The Morgan fingerprint density at radius 1 is 1.31 bits per heavy atom. The van der Waals surface area contributed by atoms with E-state index in [4.69, 9.17) is 10.5 Å². The Kier molecular flexibility index (Phi) is 5.02. The van der Waals surface area contributed by atoms with Gasteiger partial charge in [0.1, 0.15) is 6.04 Å². The largest absolute Gasteiger partial charge is 0.406 e. The van der Waals surface area contributed by atoms with Crippen molar-refractivity contribution in [3.05, 3.63) is 0 Å². The van der Waals surface area contributed by atoms with E-state index in [0.29, 0.717) is 13.0 Å². The Hall–Kier alpha value is -0.0000000000000000555. The predicted molar refractivity (Wildman–Crippen MR) is 44.9 cm³/mol. The fourth-order valence-corrected chi connectivity index (χ4v) is 1.26. The molecule has 0 spiro atoms. The fraction of sp³-hybridized carbons (Fsp3) is 1.00. The van der Waals surface area contributed by atoms with Crippen LogP contribution in [0.15, 0.2) is 0 Å². The van der Waals surface area contributed by atoms with Crippen molar-refractivity contribution in [3.63, 3.8) is 0 Å². The standard InChI is InChI=1S/C7H12F3NO.ClH/c8-7(9,10)6(11)5-3-1-2-4-12-5;/h5-6H,1-4,11H2;1H/t5?,6-;/m1./s1. The van der Waals surface area contributed by atoms with Crippen LogP contribution in [0, 0.1) is 0 Å². The molecule has 2 atom stereocenters. The third kappa shape index (κ3) is 3.70. The normalized spacial score (nSPS) is 26.3. The molecule has 1 rings (SSSR count). The van der Waals surface area contributed by atoms with Gasteiger partial charge in [-0.3, -0.25) is 0 Å². The van der Waals surface area contributed by atoms with Gasteiger partial charge in [-0.05, 0) is 19.3 Å². The van der Waals surface area contributed by atoms with Crippen LogP contribution in [0.3, 0.4) is 0 Å². The highest BCUT2D eigenvalue weighted by atomic mass is 35.5. The molecular formula is C7H13ClF3NO. The van der Waals surface area contributed by atoms with Gasteiger partial charge in [-0.2, -0.15) is 13.2 Å². The van der Waals surface area contributed by atoms with Crippen LogP contribution in [-0.4, -0.2) is 24.9 Å². The number of alkyl halides is 3. The van der Waals surface area contributed by atoms with Gasteiger partial charge < -0.3 is 10.5 Å². The molecule has 0 aromatic heterocycles. The lowest BCUT2D eigenvalue weighted by atomic mass is 10.0. The molecule has 13 heavy (non-hydrogen) atoms. The Bertz CT molecular complexity index is 147. The Labute approximate surface area is 81.0 Å². The summed E-state index contributed by atoms with van der Waals surface area (Å²) in [7, 11) is 0. The number of halogens is 4. The van der Waals surface area contributed by atoms with Crippen LogP contribution in [0.1, 0.15) is 19.3 Å². The van der Waals surface area contributed by atoms with Gasteiger partial charge >= 0.3 is 6.18 Å². The van der Waals surface area contributed by atoms with Crippen molar-refractivity contribution < 1.29 is 17.9 Å². The zero-order chi connectivity index (χ0) is 9.19. The van der Waals surface area contributed by atoms with Gasteiger partial charge in [0.2, 0.25) is 0 Å². The second-order valence-corrected chi connectivity index (χ2v) is 2.97. The quantitative estimate of drug-likeness (QED) is 0.731. The summed E-state index contributed by atoms with van der Waals surface area (Å²) in [5.74, 6) is 0. The third-order valence-corrected chi connectivity index (χ3v) is 1.99. The van der Waals surface area contributed by atoms with Crippen LogP contribution in [0.2, 0.25) is 0 Å². The van der Waals surface area contributed by atoms with Gasteiger partial charge in [-0.15, -0.1) is 12.4 Å². The minimum absolute atomic E-state index is 0. The molecule has 1 heterocycles. The summed E-state index contributed by atoms with van der Waals surface area (Å²) >= 11 is 0. The number of hydrogen-bond donors (Lipinski definition) is 1. The van der Waals surface area contributed by atoms with Crippen molar-refractivity contribution in [2.75, 3.05) is 6.61 Å². The van der Waals surface area contributed by atoms with Gasteiger partial charge in [0, 0.05) is 6.61 Å². The molecule has 0 bridgehead atoms. The van der Waals surface area contributed by atoms with Crippen molar-refractivity contribution in [1.29, 1.82) is 0 Å². The molecule has 80 valence electrons. The zero-order valence-corrected chi connectivity index (χ0v) is 7.83. The molecule has 0 saturated carbocycles. The van der Waals surface area contributed by atoms with Crippen molar-refractivity contribution >= 4 is 12.4 Å². The van der Waals surface area contributed by atoms with Crippen LogP contribution < -0.4 is 5.73 Å². The lowest BCUT2D eigenvalue weighted by Gasteiger charge is -2.28. The SMILES string of the molecule is Cl.N[C@H](C1CCCCO1)C(F)(F)F. The number of ether oxygens (including phenoxy) is 1. The highest BCUT2D eigenvalue weighted by Gasteiger charge is 2.42. The first-order valence-corrected chi connectivity index (χ1v) is 3.95. The van der Waals surface area contributed by atoms with Crippen molar-refractivity contribution in [3.8, 4) is 0 Å². The topological polar surface area (TPSA) is 35.2 Å². The van der Waals surface area contributed by atoms with E-state index in [0.717, 1.165) is 12.8 Å². The van der Waals surface area contributed by atoms with E-state index < -0.39 is 18.3 Å². The first kappa shape index (κ1) is 13.0. The summed E-state index contributed by atoms with van der Waals surface area (Å²) in [6, 6.07) is -1.82. The first-order chi connectivity index (χ1) is 5.52. The molecule has 0 aromatic rings. The van der Waals surface area contributed by atoms with Gasteiger partial charge in [-0.25, -0.2) is 0 Å². The summed E-state index contributed by atoms with van der Waals surface area (Å²) in [5.41, 5.74) is 4.98. The van der Waals surface area contributed by atoms with Crippen molar-refractivity contribution in [2.24, 2.45) is 5.73 Å². The second-order valence-electron chi connectivity index (χ2n) is 2.97. The van der Waals surface area contributed by atoms with E-state index in [1.807, 2.05) is 0 Å². The van der Waals surface area contributed by atoms with Crippen molar-refractivity contribution in [2.45, 2.75) is 37.6 Å². The van der Waals surface area contributed by atoms with Crippen LogP contribution >= 0.6 is 12.4 Å². The maximum Gasteiger partial charge on any atom is 0.406 e. The Morgan fingerprint density at radius 2 is 1.92 bits per heavy atom. The third-order valence-electron chi connectivity index (χ3n) is 1.99. The van der Waals surface area contributed by atoms with Crippen LogP contribution in [-0.2, 0) is 4.74 Å². The lowest BCUT2D eigenvalue weighted by molar-refractivity contribution is -0.180. The van der Waals surface area contributed by atoms with Crippen LogP contribution in [0.5, 0.6) is 0 Å². The summed E-state index contributed by atoms with van der Waals surface area (Å²) in [6.45, 7) is 0.397. The minimum Gasteiger partial charge on any atom is -0.376 e. The van der Waals surface area contributed by atoms with E-state index in [1.54, 1.807) is 0 Å². The number of rotatable bonds is 1. The Morgan fingerprint density at radius 3 is 2.31 bits per heavy atom. The molecule has 0 aromatic carbocycles. The zero-order valence-electron chi connectivity index (χ0n) is 7.01. The minimum atomic E-state index is -4.33. The summed E-state index contributed by atoms with van der Waals surface area (Å²) in [6.07, 6.45) is -3.14. The van der Waals surface area contributed by atoms with E-state index in [9.17, 15) is 13.2 Å². The van der Waals surface area contributed by atoms with Gasteiger partial charge in [0.05, 0.1) is 6.10 Å². The Balaban J connectivity index is 0.00000144. The monoisotopic (exact) mass is 219 g/mol. The molecule has 1 unspecified atom stereocenters. The van der Waals surface area contributed by atoms with Crippen molar-refractivity contribution in [1.82, 2.24) is 0 Å². The lowest BCUT2D eigenvalue weighted by Crippen LogP contribution is -2.49. The molecule has 1 aliphatic rings. The maximum absolute atomic E-state index is 12.0. The number of hydrogen-bond acceptors (Lipinski definition) is 2. The average Bonchev–Trinajstić information content (AvgIpc) is 2.03. The number of nitrogens with two attached hydrogens (primary N) is 1. The average molecular weight is 220 g/mol. The van der Waals surface area contributed by atoms with Gasteiger partial charge in [0.15, 0.2) is 0 Å².